The van der Waals surface area contributed by atoms with Gasteiger partial charge < -0.3 is 9.15 Å². The van der Waals surface area contributed by atoms with E-state index < -0.39 is 5.97 Å². The van der Waals surface area contributed by atoms with Crippen molar-refractivity contribution in [3.05, 3.63) is 70.8 Å². The van der Waals surface area contributed by atoms with Crippen molar-refractivity contribution in [3.63, 3.8) is 0 Å². The standard InChI is InChI=1S/C18H15NO3/c1-12-3-6-14(7-4-12)8-10-17-19-16(18(20)22-17)11-15-9-5-13(2)21-15/h3-11H,1-2H3/b10-8+,16-11?. The van der Waals surface area contributed by atoms with E-state index in [1.165, 1.54) is 5.56 Å². The molecule has 0 saturated heterocycles. The molecule has 4 nitrogen and oxygen atoms in total. The Balaban J connectivity index is 1.78. The Morgan fingerprint density at radius 1 is 1.00 bits per heavy atom. The quantitative estimate of drug-likeness (QED) is 0.637. The second kappa shape index (κ2) is 5.85. The van der Waals surface area contributed by atoms with E-state index in [1.54, 1.807) is 18.2 Å². The molecule has 1 aliphatic rings. The van der Waals surface area contributed by atoms with Gasteiger partial charge in [-0.15, -0.1) is 0 Å². The zero-order valence-electron chi connectivity index (χ0n) is 12.4. The van der Waals surface area contributed by atoms with Crippen molar-refractivity contribution in [2.75, 3.05) is 0 Å². The van der Waals surface area contributed by atoms with Crippen LogP contribution in [0.5, 0.6) is 0 Å². The monoisotopic (exact) mass is 293 g/mol. The van der Waals surface area contributed by atoms with Crippen molar-refractivity contribution in [1.82, 2.24) is 0 Å². The molecule has 0 aliphatic carbocycles. The summed E-state index contributed by atoms with van der Waals surface area (Å²) < 4.78 is 10.5. The number of benzene rings is 1. The fourth-order valence-electron chi connectivity index (χ4n) is 2.01. The fraction of sp³-hybridized carbons (Fsp3) is 0.111. The predicted octanol–water partition coefficient (Wildman–Crippen LogP) is 3.91. The molecule has 1 aliphatic heterocycles. The molecule has 0 N–H and O–H groups in total. The number of carbonyl (C=O) groups is 1. The highest BCUT2D eigenvalue weighted by Gasteiger charge is 2.21. The number of cyclic esters (lactones) is 1. The van der Waals surface area contributed by atoms with Gasteiger partial charge in [-0.1, -0.05) is 29.8 Å². The van der Waals surface area contributed by atoms with Crippen LogP contribution in [-0.2, 0) is 9.53 Å². The van der Waals surface area contributed by atoms with Gasteiger partial charge in [-0.3, -0.25) is 0 Å². The van der Waals surface area contributed by atoms with Gasteiger partial charge in [-0.2, -0.15) is 0 Å². The van der Waals surface area contributed by atoms with E-state index in [0.29, 0.717) is 5.76 Å². The van der Waals surface area contributed by atoms with Crippen LogP contribution in [0.1, 0.15) is 22.6 Å². The summed E-state index contributed by atoms with van der Waals surface area (Å²) in [7, 11) is 0. The van der Waals surface area contributed by atoms with E-state index in [0.717, 1.165) is 11.3 Å². The highest BCUT2D eigenvalue weighted by molar-refractivity contribution is 6.11. The third-order valence-electron chi connectivity index (χ3n) is 3.17. The molecule has 4 heteroatoms. The lowest BCUT2D eigenvalue weighted by Crippen LogP contribution is -2.01. The summed E-state index contributed by atoms with van der Waals surface area (Å²) in [5.74, 6) is 1.16. The average molecular weight is 293 g/mol. The molecule has 0 fully saturated rings. The maximum atomic E-state index is 11.8. The second-order valence-electron chi connectivity index (χ2n) is 5.06. The van der Waals surface area contributed by atoms with E-state index in [4.69, 9.17) is 9.15 Å². The van der Waals surface area contributed by atoms with Crippen molar-refractivity contribution in [1.29, 1.82) is 0 Å². The Morgan fingerprint density at radius 2 is 1.77 bits per heavy atom. The highest BCUT2D eigenvalue weighted by Crippen LogP contribution is 2.18. The molecule has 0 radical (unpaired) electrons. The van der Waals surface area contributed by atoms with Gasteiger partial charge in [0.15, 0.2) is 5.70 Å². The number of carbonyl (C=O) groups excluding carboxylic acids is 1. The van der Waals surface area contributed by atoms with Crippen LogP contribution >= 0.6 is 0 Å². The molecule has 2 aromatic rings. The van der Waals surface area contributed by atoms with Crippen LogP contribution in [0.3, 0.4) is 0 Å². The number of esters is 1. The topological polar surface area (TPSA) is 51.8 Å². The first kappa shape index (κ1) is 14.1. The minimum absolute atomic E-state index is 0.234. The van der Waals surface area contributed by atoms with E-state index >= 15 is 0 Å². The lowest BCUT2D eigenvalue weighted by Gasteiger charge is -1.94. The largest absolute Gasteiger partial charge is 0.462 e. The van der Waals surface area contributed by atoms with Gasteiger partial charge >= 0.3 is 5.97 Å². The SMILES string of the molecule is Cc1ccc(/C=C/C2=NC(=Cc3ccc(C)o3)C(=O)O2)cc1. The zero-order chi connectivity index (χ0) is 15.5. The summed E-state index contributed by atoms with van der Waals surface area (Å²) in [6.45, 7) is 3.87. The van der Waals surface area contributed by atoms with E-state index in [2.05, 4.69) is 4.99 Å². The molecule has 1 aromatic heterocycles. The number of rotatable bonds is 3. The van der Waals surface area contributed by atoms with Crippen LogP contribution in [0.25, 0.3) is 12.2 Å². The summed E-state index contributed by atoms with van der Waals surface area (Å²) in [5.41, 5.74) is 2.45. The first-order chi connectivity index (χ1) is 10.6. The van der Waals surface area contributed by atoms with Crippen LogP contribution < -0.4 is 0 Å². The summed E-state index contributed by atoms with van der Waals surface area (Å²) >= 11 is 0. The smallest absolute Gasteiger partial charge is 0.363 e. The van der Waals surface area contributed by atoms with E-state index in [1.807, 2.05) is 50.3 Å². The molecule has 110 valence electrons. The maximum Gasteiger partial charge on any atom is 0.363 e. The van der Waals surface area contributed by atoms with E-state index in [9.17, 15) is 4.79 Å². The molecule has 22 heavy (non-hydrogen) atoms. The Labute approximate surface area is 128 Å². The first-order valence-corrected chi connectivity index (χ1v) is 6.94. The van der Waals surface area contributed by atoms with Gasteiger partial charge in [0.05, 0.1) is 0 Å². The molecule has 2 heterocycles. The number of nitrogens with zero attached hydrogens (tertiary/aromatic N) is 1. The summed E-state index contributed by atoms with van der Waals surface area (Å²) in [5, 5.41) is 0. The predicted molar refractivity (Wildman–Crippen MR) is 85.2 cm³/mol. The highest BCUT2D eigenvalue weighted by atomic mass is 16.6. The third-order valence-corrected chi connectivity index (χ3v) is 3.17. The Kier molecular flexibility index (Phi) is 3.74. The molecule has 3 rings (SSSR count). The number of ether oxygens (including phenoxy) is 1. The number of aryl methyl sites for hydroxylation is 2. The fourth-order valence-corrected chi connectivity index (χ4v) is 2.01. The molecule has 0 spiro atoms. The molecule has 1 aromatic carbocycles. The normalized spacial score (nSPS) is 16.4. The van der Waals surface area contributed by atoms with Crippen LogP contribution in [0, 0.1) is 13.8 Å². The van der Waals surface area contributed by atoms with Gasteiger partial charge in [0.2, 0.25) is 5.90 Å². The van der Waals surface area contributed by atoms with Crippen LogP contribution in [0.4, 0.5) is 0 Å². The average Bonchev–Trinajstić information content (AvgIpc) is 3.05. The van der Waals surface area contributed by atoms with Gasteiger partial charge in [-0.25, -0.2) is 9.79 Å². The van der Waals surface area contributed by atoms with Crippen LogP contribution in [0.2, 0.25) is 0 Å². The maximum absolute atomic E-state index is 11.8. The van der Waals surface area contributed by atoms with Crippen molar-refractivity contribution in [2.45, 2.75) is 13.8 Å². The Hall–Kier alpha value is -2.88. The molecule has 0 atom stereocenters. The van der Waals surface area contributed by atoms with Crippen molar-refractivity contribution in [2.24, 2.45) is 4.99 Å². The number of aliphatic imine (C=N–C) groups is 1. The third kappa shape index (κ3) is 3.23. The van der Waals surface area contributed by atoms with E-state index in [-0.39, 0.29) is 11.6 Å². The number of hydrogen-bond acceptors (Lipinski definition) is 4. The van der Waals surface area contributed by atoms with Crippen LogP contribution in [-0.4, -0.2) is 11.9 Å². The first-order valence-electron chi connectivity index (χ1n) is 6.94. The Bertz CT molecular complexity index is 792. The van der Waals surface area contributed by atoms with Crippen molar-refractivity contribution >= 4 is 24.0 Å². The Morgan fingerprint density at radius 3 is 2.45 bits per heavy atom. The zero-order valence-corrected chi connectivity index (χ0v) is 12.4. The molecule has 0 unspecified atom stereocenters. The summed E-state index contributed by atoms with van der Waals surface area (Å²) in [6.07, 6.45) is 5.10. The molecule has 0 bridgehead atoms. The van der Waals surface area contributed by atoms with Gasteiger partial charge in [0.25, 0.3) is 0 Å². The number of hydrogen-bond donors (Lipinski definition) is 0. The molecular formula is C18H15NO3. The van der Waals surface area contributed by atoms with Gasteiger partial charge in [-0.05, 0) is 37.6 Å². The van der Waals surface area contributed by atoms with Crippen molar-refractivity contribution < 1.29 is 13.9 Å². The molecule has 0 amide bonds. The minimum Gasteiger partial charge on any atom is -0.462 e. The summed E-state index contributed by atoms with van der Waals surface area (Å²) in [4.78, 5) is 15.9. The van der Waals surface area contributed by atoms with Gasteiger partial charge in [0.1, 0.15) is 11.5 Å². The minimum atomic E-state index is -0.474. The second-order valence-corrected chi connectivity index (χ2v) is 5.06. The lowest BCUT2D eigenvalue weighted by molar-refractivity contribution is -0.129. The van der Waals surface area contributed by atoms with Crippen LogP contribution in [0.15, 0.2) is 57.6 Å². The number of furan rings is 1. The van der Waals surface area contributed by atoms with Gasteiger partial charge in [0, 0.05) is 12.2 Å². The molecular weight excluding hydrogens is 278 g/mol. The summed E-state index contributed by atoms with van der Waals surface area (Å²) in [6, 6.07) is 11.6. The lowest BCUT2D eigenvalue weighted by atomic mass is 10.1. The molecule has 0 saturated carbocycles. The van der Waals surface area contributed by atoms with Crippen molar-refractivity contribution in [3.8, 4) is 0 Å².